The minimum Gasteiger partial charge on any atom is -0.497 e. The van der Waals surface area contributed by atoms with Gasteiger partial charge in [-0.05, 0) is 36.5 Å². The molecular weight excluding hydrogens is 413 g/mol. The Morgan fingerprint density at radius 3 is 2.64 bits per heavy atom. The Morgan fingerprint density at radius 2 is 2.05 bits per heavy atom. The summed E-state index contributed by atoms with van der Waals surface area (Å²) in [5.41, 5.74) is 1.11. The number of hydrogen-bond acceptors (Lipinski definition) is 2. The molecule has 124 valence electrons. The van der Waals surface area contributed by atoms with E-state index >= 15 is 0 Å². The first-order valence-electron chi connectivity index (χ1n) is 7.50. The molecule has 0 heterocycles. The van der Waals surface area contributed by atoms with Crippen molar-refractivity contribution >= 4 is 41.5 Å². The molecule has 1 fully saturated rings. The number of ether oxygens (including phenoxy) is 1. The SMILES string of the molecule is CN=C(NCCc1ccc(OC)cc1Cl)NCCC1CC1.I. The molecule has 0 unspecified atom stereocenters. The largest absolute Gasteiger partial charge is 0.497 e. The minimum absolute atomic E-state index is 0. The van der Waals surface area contributed by atoms with Crippen molar-refractivity contribution in [2.75, 3.05) is 27.2 Å². The maximum atomic E-state index is 6.23. The molecule has 1 aliphatic rings. The first-order chi connectivity index (χ1) is 10.2. The lowest BCUT2D eigenvalue weighted by molar-refractivity contribution is 0.414. The highest BCUT2D eigenvalue weighted by Crippen LogP contribution is 2.31. The number of aliphatic imine (C=N–C) groups is 1. The van der Waals surface area contributed by atoms with Crippen molar-refractivity contribution in [1.29, 1.82) is 0 Å². The number of methoxy groups -OCH3 is 1. The van der Waals surface area contributed by atoms with Crippen LogP contribution in [-0.4, -0.2) is 33.2 Å². The fraction of sp³-hybridized carbons (Fsp3) is 0.562. The van der Waals surface area contributed by atoms with E-state index in [-0.39, 0.29) is 24.0 Å². The van der Waals surface area contributed by atoms with Crippen LogP contribution in [-0.2, 0) is 6.42 Å². The third-order valence-electron chi connectivity index (χ3n) is 3.71. The van der Waals surface area contributed by atoms with Crippen molar-refractivity contribution in [3.05, 3.63) is 28.8 Å². The minimum atomic E-state index is 0. The maximum absolute atomic E-state index is 6.23. The fourth-order valence-electron chi connectivity index (χ4n) is 2.20. The van der Waals surface area contributed by atoms with Crippen LogP contribution in [0.25, 0.3) is 0 Å². The monoisotopic (exact) mass is 437 g/mol. The molecule has 0 spiro atoms. The van der Waals surface area contributed by atoms with E-state index in [0.717, 1.165) is 47.7 Å². The third-order valence-corrected chi connectivity index (χ3v) is 4.06. The number of rotatable bonds is 7. The second kappa shape index (κ2) is 10.2. The molecule has 1 saturated carbocycles. The molecule has 4 nitrogen and oxygen atoms in total. The average Bonchev–Trinajstić information content (AvgIpc) is 3.31. The maximum Gasteiger partial charge on any atom is 0.190 e. The van der Waals surface area contributed by atoms with Crippen LogP contribution in [0.1, 0.15) is 24.8 Å². The number of halogens is 2. The Morgan fingerprint density at radius 1 is 1.32 bits per heavy atom. The quantitative estimate of drug-likeness (QED) is 0.390. The van der Waals surface area contributed by atoms with Gasteiger partial charge in [-0.25, -0.2) is 0 Å². The Bertz CT molecular complexity index is 492. The zero-order chi connectivity index (χ0) is 15.1. The van der Waals surface area contributed by atoms with Gasteiger partial charge in [-0.15, -0.1) is 24.0 Å². The Balaban J connectivity index is 0.00000242. The van der Waals surface area contributed by atoms with Crippen molar-refractivity contribution in [3.8, 4) is 5.75 Å². The predicted octanol–water partition coefficient (Wildman–Crippen LogP) is 3.47. The van der Waals surface area contributed by atoms with Gasteiger partial charge >= 0.3 is 0 Å². The van der Waals surface area contributed by atoms with Crippen LogP contribution < -0.4 is 15.4 Å². The highest BCUT2D eigenvalue weighted by molar-refractivity contribution is 14.0. The van der Waals surface area contributed by atoms with E-state index in [1.807, 2.05) is 18.2 Å². The molecule has 22 heavy (non-hydrogen) atoms. The molecular formula is C16H25ClIN3O. The Hall–Kier alpha value is -0.690. The lowest BCUT2D eigenvalue weighted by Gasteiger charge is -2.12. The molecule has 0 saturated heterocycles. The lowest BCUT2D eigenvalue weighted by Crippen LogP contribution is -2.38. The van der Waals surface area contributed by atoms with Gasteiger partial charge in [0.2, 0.25) is 0 Å². The van der Waals surface area contributed by atoms with Gasteiger partial charge in [0.15, 0.2) is 5.96 Å². The number of nitrogens with one attached hydrogen (secondary N) is 2. The Labute approximate surface area is 155 Å². The molecule has 1 aromatic carbocycles. The van der Waals surface area contributed by atoms with Crippen LogP contribution in [0, 0.1) is 5.92 Å². The number of benzene rings is 1. The topological polar surface area (TPSA) is 45.7 Å². The average molecular weight is 438 g/mol. The molecule has 0 bridgehead atoms. The fourth-order valence-corrected chi connectivity index (χ4v) is 2.46. The normalized spacial score (nSPS) is 14.2. The van der Waals surface area contributed by atoms with Crippen molar-refractivity contribution in [1.82, 2.24) is 10.6 Å². The summed E-state index contributed by atoms with van der Waals surface area (Å²) in [6.45, 7) is 1.79. The van der Waals surface area contributed by atoms with Gasteiger partial charge in [0.05, 0.1) is 7.11 Å². The molecule has 0 amide bonds. The summed E-state index contributed by atoms with van der Waals surface area (Å²) >= 11 is 6.23. The predicted molar refractivity (Wildman–Crippen MR) is 104 cm³/mol. The van der Waals surface area contributed by atoms with Crippen LogP contribution in [0.5, 0.6) is 5.75 Å². The summed E-state index contributed by atoms with van der Waals surface area (Å²) in [6.07, 6.45) is 4.88. The second-order valence-corrected chi connectivity index (χ2v) is 5.77. The van der Waals surface area contributed by atoms with Gasteiger partial charge in [-0.3, -0.25) is 4.99 Å². The molecule has 0 radical (unpaired) electrons. The summed E-state index contributed by atoms with van der Waals surface area (Å²) in [5, 5.41) is 7.41. The summed E-state index contributed by atoms with van der Waals surface area (Å²) in [6, 6.07) is 5.79. The van der Waals surface area contributed by atoms with Gasteiger partial charge in [0, 0.05) is 25.2 Å². The molecule has 1 aliphatic carbocycles. The van der Waals surface area contributed by atoms with Gasteiger partial charge in [-0.1, -0.05) is 30.5 Å². The lowest BCUT2D eigenvalue weighted by atomic mass is 10.1. The highest BCUT2D eigenvalue weighted by atomic mass is 127. The van der Waals surface area contributed by atoms with Crippen molar-refractivity contribution < 1.29 is 4.74 Å². The standard InChI is InChI=1S/C16H24ClN3O.HI/c1-18-16(19-9-7-12-3-4-12)20-10-8-13-5-6-14(21-2)11-15(13)17;/h5-6,11-12H,3-4,7-10H2,1-2H3,(H2,18,19,20);1H. The van der Waals surface area contributed by atoms with Crippen LogP contribution in [0.15, 0.2) is 23.2 Å². The van der Waals surface area contributed by atoms with Crippen LogP contribution in [0.4, 0.5) is 0 Å². The summed E-state index contributed by atoms with van der Waals surface area (Å²) in [7, 11) is 3.44. The smallest absolute Gasteiger partial charge is 0.190 e. The molecule has 6 heteroatoms. The van der Waals surface area contributed by atoms with Gasteiger partial charge in [0.1, 0.15) is 5.75 Å². The molecule has 1 aromatic rings. The van der Waals surface area contributed by atoms with Crippen molar-refractivity contribution in [2.24, 2.45) is 10.9 Å². The van der Waals surface area contributed by atoms with Crippen LogP contribution in [0.2, 0.25) is 5.02 Å². The van der Waals surface area contributed by atoms with Crippen molar-refractivity contribution in [2.45, 2.75) is 25.7 Å². The van der Waals surface area contributed by atoms with E-state index in [4.69, 9.17) is 16.3 Å². The molecule has 2 rings (SSSR count). The summed E-state index contributed by atoms with van der Waals surface area (Å²) < 4.78 is 5.15. The molecule has 0 aromatic heterocycles. The molecule has 0 atom stereocenters. The van der Waals surface area contributed by atoms with Crippen LogP contribution in [0.3, 0.4) is 0 Å². The van der Waals surface area contributed by atoms with E-state index in [9.17, 15) is 0 Å². The van der Waals surface area contributed by atoms with Crippen LogP contribution >= 0.6 is 35.6 Å². The summed E-state index contributed by atoms with van der Waals surface area (Å²) in [4.78, 5) is 4.23. The summed E-state index contributed by atoms with van der Waals surface area (Å²) in [5.74, 6) is 2.59. The number of nitrogens with zero attached hydrogens (tertiary/aromatic N) is 1. The zero-order valence-electron chi connectivity index (χ0n) is 13.2. The Kier molecular flexibility index (Phi) is 8.93. The van der Waals surface area contributed by atoms with Gasteiger partial charge in [-0.2, -0.15) is 0 Å². The van der Waals surface area contributed by atoms with E-state index in [0.29, 0.717) is 0 Å². The highest BCUT2D eigenvalue weighted by Gasteiger charge is 2.20. The zero-order valence-corrected chi connectivity index (χ0v) is 16.3. The van der Waals surface area contributed by atoms with Crippen molar-refractivity contribution in [3.63, 3.8) is 0 Å². The first-order valence-corrected chi connectivity index (χ1v) is 7.87. The number of guanidine groups is 1. The van der Waals surface area contributed by atoms with Gasteiger partial charge < -0.3 is 15.4 Å². The van der Waals surface area contributed by atoms with E-state index in [1.54, 1.807) is 14.2 Å². The van der Waals surface area contributed by atoms with E-state index in [1.165, 1.54) is 19.3 Å². The second-order valence-electron chi connectivity index (χ2n) is 5.37. The van der Waals surface area contributed by atoms with Gasteiger partial charge in [0.25, 0.3) is 0 Å². The molecule has 2 N–H and O–H groups in total. The van der Waals surface area contributed by atoms with E-state index in [2.05, 4.69) is 15.6 Å². The third kappa shape index (κ3) is 6.60. The number of hydrogen-bond donors (Lipinski definition) is 2. The first kappa shape index (κ1) is 19.4. The van der Waals surface area contributed by atoms with E-state index < -0.39 is 0 Å². The molecule has 0 aliphatic heterocycles.